The lowest BCUT2D eigenvalue weighted by molar-refractivity contribution is -0.118. The molecule has 1 saturated heterocycles. The van der Waals surface area contributed by atoms with Crippen LogP contribution in [0.15, 0.2) is 66.9 Å². The standard InChI is InChI=1S/C25H25FN2O2/c26-22-3-1-2-19(16-22)4-11-25(29)17-23-8-5-21(18-27-23)20-6-9-24(10-7-20)28-12-14-30-15-13-28/h1-3,5-10,16,18H,4,11-15,17H2. The Bertz CT molecular complexity index is 981. The molecule has 1 aliphatic rings. The number of carbonyl (C=O) groups is 1. The molecule has 1 aliphatic heterocycles. The van der Waals surface area contributed by atoms with E-state index >= 15 is 0 Å². The molecule has 1 aromatic heterocycles. The van der Waals surface area contributed by atoms with Crippen LogP contribution in [0.5, 0.6) is 0 Å². The van der Waals surface area contributed by atoms with E-state index in [0.29, 0.717) is 19.3 Å². The van der Waals surface area contributed by atoms with Crippen molar-refractivity contribution in [3.63, 3.8) is 0 Å². The minimum Gasteiger partial charge on any atom is -0.378 e. The molecule has 3 aromatic rings. The molecule has 0 aliphatic carbocycles. The minimum atomic E-state index is -0.268. The molecule has 0 unspecified atom stereocenters. The number of anilines is 1. The average Bonchev–Trinajstić information content (AvgIpc) is 2.79. The van der Waals surface area contributed by atoms with Gasteiger partial charge < -0.3 is 9.64 Å². The lowest BCUT2D eigenvalue weighted by Gasteiger charge is -2.28. The number of ether oxygens (including phenoxy) is 1. The summed E-state index contributed by atoms with van der Waals surface area (Å²) in [6.45, 7) is 3.38. The molecular formula is C25H25FN2O2. The maximum absolute atomic E-state index is 13.2. The fourth-order valence-corrected chi connectivity index (χ4v) is 3.65. The highest BCUT2D eigenvalue weighted by Gasteiger charge is 2.11. The van der Waals surface area contributed by atoms with E-state index in [2.05, 4.69) is 34.1 Å². The summed E-state index contributed by atoms with van der Waals surface area (Å²) < 4.78 is 18.6. The summed E-state index contributed by atoms with van der Waals surface area (Å²) in [4.78, 5) is 19.1. The number of benzene rings is 2. The third-order valence-electron chi connectivity index (χ3n) is 5.36. The summed E-state index contributed by atoms with van der Waals surface area (Å²) in [5.41, 5.74) is 4.93. The quantitative estimate of drug-likeness (QED) is 0.583. The normalized spacial score (nSPS) is 14.0. The summed E-state index contributed by atoms with van der Waals surface area (Å²) >= 11 is 0. The van der Waals surface area contributed by atoms with Crippen LogP contribution in [0.3, 0.4) is 0 Å². The average molecular weight is 404 g/mol. The van der Waals surface area contributed by atoms with Crippen molar-refractivity contribution in [2.75, 3.05) is 31.2 Å². The van der Waals surface area contributed by atoms with Crippen LogP contribution in [-0.4, -0.2) is 37.1 Å². The highest BCUT2D eigenvalue weighted by atomic mass is 19.1. The van der Waals surface area contributed by atoms with Crippen LogP contribution >= 0.6 is 0 Å². The third-order valence-corrected chi connectivity index (χ3v) is 5.36. The van der Waals surface area contributed by atoms with Gasteiger partial charge in [0, 0.05) is 49.1 Å². The number of rotatable bonds is 7. The highest BCUT2D eigenvalue weighted by Crippen LogP contribution is 2.23. The van der Waals surface area contributed by atoms with Crippen molar-refractivity contribution < 1.29 is 13.9 Å². The monoisotopic (exact) mass is 404 g/mol. The third kappa shape index (κ3) is 5.30. The van der Waals surface area contributed by atoms with Gasteiger partial charge in [-0.1, -0.05) is 30.3 Å². The van der Waals surface area contributed by atoms with Crippen molar-refractivity contribution in [2.45, 2.75) is 19.3 Å². The van der Waals surface area contributed by atoms with E-state index < -0.39 is 0 Å². The lowest BCUT2D eigenvalue weighted by Crippen LogP contribution is -2.36. The topological polar surface area (TPSA) is 42.4 Å². The molecule has 0 bridgehead atoms. The molecule has 2 heterocycles. The summed E-state index contributed by atoms with van der Waals surface area (Å²) in [6, 6.07) is 18.8. The van der Waals surface area contributed by atoms with Gasteiger partial charge in [-0.25, -0.2) is 4.39 Å². The van der Waals surface area contributed by atoms with Crippen LogP contribution in [0.4, 0.5) is 10.1 Å². The molecule has 0 saturated carbocycles. The molecule has 0 amide bonds. The van der Waals surface area contributed by atoms with Gasteiger partial charge in [0.1, 0.15) is 11.6 Å². The van der Waals surface area contributed by atoms with Gasteiger partial charge in [-0.3, -0.25) is 9.78 Å². The van der Waals surface area contributed by atoms with Crippen molar-refractivity contribution in [3.05, 3.63) is 83.9 Å². The fraction of sp³-hybridized carbons (Fsp3) is 0.280. The van der Waals surface area contributed by atoms with E-state index in [1.807, 2.05) is 24.4 Å². The second kappa shape index (κ2) is 9.63. The van der Waals surface area contributed by atoms with Crippen molar-refractivity contribution >= 4 is 11.5 Å². The summed E-state index contributed by atoms with van der Waals surface area (Å²) in [6.07, 6.45) is 3.05. The van der Waals surface area contributed by atoms with Crippen molar-refractivity contribution in [1.29, 1.82) is 0 Å². The van der Waals surface area contributed by atoms with Crippen LogP contribution in [0.1, 0.15) is 17.7 Å². The number of morpholine rings is 1. The van der Waals surface area contributed by atoms with Crippen LogP contribution in [-0.2, 0) is 22.4 Å². The summed E-state index contributed by atoms with van der Waals surface area (Å²) in [5.74, 6) is -0.162. The maximum Gasteiger partial charge on any atom is 0.139 e. The van der Waals surface area contributed by atoms with Crippen LogP contribution in [0.2, 0.25) is 0 Å². The number of Topliss-reactive ketones (excluding diaryl/α,β-unsaturated/α-hetero) is 1. The molecule has 30 heavy (non-hydrogen) atoms. The van der Waals surface area contributed by atoms with Gasteiger partial charge in [-0.15, -0.1) is 0 Å². The van der Waals surface area contributed by atoms with Crippen molar-refractivity contribution in [3.8, 4) is 11.1 Å². The Balaban J connectivity index is 1.32. The van der Waals surface area contributed by atoms with E-state index in [1.165, 1.54) is 17.8 Å². The number of aryl methyl sites for hydroxylation is 1. The largest absolute Gasteiger partial charge is 0.378 e. The van der Waals surface area contributed by atoms with E-state index in [4.69, 9.17) is 4.74 Å². The molecule has 0 radical (unpaired) electrons. The number of hydrogen-bond donors (Lipinski definition) is 0. The Morgan fingerprint density at radius 1 is 1.00 bits per heavy atom. The minimum absolute atomic E-state index is 0.106. The zero-order valence-electron chi connectivity index (χ0n) is 16.9. The Morgan fingerprint density at radius 2 is 1.77 bits per heavy atom. The Kier molecular flexibility index (Phi) is 6.50. The van der Waals surface area contributed by atoms with Gasteiger partial charge >= 0.3 is 0 Å². The Hall–Kier alpha value is -3.05. The zero-order chi connectivity index (χ0) is 20.8. The van der Waals surface area contributed by atoms with E-state index in [-0.39, 0.29) is 11.6 Å². The van der Waals surface area contributed by atoms with Gasteiger partial charge in [-0.2, -0.15) is 0 Å². The first-order valence-electron chi connectivity index (χ1n) is 10.3. The number of ketones is 1. The lowest BCUT2D eigenvalue weighted by atomic mass is 10.0. The zero-order valence-corrected chi connectivity index (χ0v) is 16.9. The van der Waals surface area contributed by atoms with Gasteiger partial charge in [0.2, 0.25) is 0 Å². The smallest absolute Gasteiger partial charge is 0.139 e. The predicted molar refractivity (Wildman–Crippen MR) is 116 cm³/mol. The molecule has 4 rings (SSSR count). The van der Waals surface area contributed by atoms with E-state index in [9.17, 15) is 9.18 Å². The van der Waals surface area contributed by atoms with Crippen molar-refractivity contribution in [2.24, 2.45) is 0 Å². The second-order valence-electron chi connectivity index (χ2n) is 7.53. The molecule has 0 spiro atoms. The molecule has 2 aromatic carbocycles. The molecule has 154 valence electrons. The maximum atomic E-state index is 13.2. The molecular weight excluding hydrogens is 379 g/mol. The number of hydrogen-bond acceptors (Lipinski definition) is 4. The fourth-order valence-electron chi connectivity index (χ4n) is 3.65. The van der Waals surface area contributed by atoms with Gasteiger partial charge in [0.05, 0.1) is 13.2 Å². The first kappa shape index (κ1) is 20.2. The summed E-state index contributed by atoms with van der Waals surface area (Å²) in [7, 11) is 0. The number of aromatic nitrogens is 1. The first-order valence-corrected chi connectivity index (χ1v) is 10.3. The molecule has 4 nitrogen and oxygen atoms in total. The van der Waals surface area contributed by atoms with Gasteiger partial charge in [-0.05, 0) is 47.9 Å². The predicted octanol–water partition coefficient (Wildman–Crippen LogP) is 4.47. The number of halogens is 1. The molecule has 1 fully saturated rings. The molecule has 0 atom stereocenters. The van der Waals surface area contributed by atoms with Crippen LogP contribution < -0.4 is 4.90 Å². The van der Waals surface area contributed by atoms with Crippen LogP contribution in [0, 0.1) is 5.82 Å². The molecule has 0 N–H and O–H groups in total. The Labute approximate surface area is 176 Å². The number of nitrogens with zero attached hydrogens (tertiary/aromatic N) is 2. The van der Waals surface area contributed by atoms with Gasteiger partial charge in [0.15, 0.2) is 0 Å². The molecule has 5 heteroatoms. The van der Waals surface area contributed by atoms with Gasteiger partial charge in [0.25, 0.3) is 0 Å². The number of pyridine rings is 1. The number of carbonyl (C=O) groups excluding carboxylic acids is 1. The van der Waals surface area contributed by atoms with E-state index in [0.717, 1.165) is 48.7 Å². The highest BCUT2D eigenvalue weighted by molar-refractivity contribution is 5.80. The van der Waals surface area contributed by atoms with Crippen LogP contribution in [0.25, 0.3) is 11.1 Å². The van der Waals surface area contributed by atoms with Crippen molar-refractivity contribution in [1.82, 2.24) is 4.98 Å². The second-order valence-corrected chi connectivity index (χ2v) is 7.53. The first-order chi connectivity index (χ1) is 14.7. The SMILES string of the molecule is O=C(CCc1cccc(F)c1)Cc1ccc(-c2ccc(N3CCOCC3)cc2)cn1. The Morgan fingerprint density at radius 3 is 2.47 bits per heavy atom. The summed E-state index contributed by atoms with van der Waals surface area (Å²) in [5, 5.41) is 0. The van der Waals surface area contributed by atoms with E-state index in [1.54, 1.807) is 6.07 Å².